The molecule has 38 heavy (non-hydrogen) atoms. The van der Waals surface area contributed by atoms with Gasteiger partial charge in [-0.05, 0) is 130 Å². The van der Waals surface area contributed by atoms with Crippen LogP contribution < -0.4 is 5.32 Å². The minimum Gasteiger partial charge on any atom is -0.386 e. The number of hydrogen-bond acceptors (Lipinski definition) is 1. The second kappa shape index (κ2) is 12.6. The topological polar surface area (TPSA) is 12.0 Å². The van der Waals surface area contributed by atoms with Gasteiger partial charge in [0.05, 0.1) is 0 Å². The molecular formula is C36H62IN. The van der Waals surface area contributed by atoms with E-state index < -0.39 is 0 Å². The van der Waals surface area contributed by atoms with Gasteiger partial charge in [-0.15, -0.1) is 0 Å². The van der Waals surface area contributed by atoms with Crippen molar-refractivity contribution >= 4 is 22.6 Å². The van der Waals surface area contributed by atoms with E-state index in [-0.39, 0.29) is 0 Å². The van der Waals surface area contributed by atoms with Crippen LogP contribution in [-0.4, -0.2) is 9.46 Å². The highest BCUT2D eigenvalue weighted by molar-refractivity contribution is 14.1. The molecule has 1 N–H and O–H groups in total. The Morgan fingerprint density at radius 3 is 2.16 bits per heavy atom. The van der Waals surface area contributed by atoms with Crippen molar-refractivity contribution in [2.24, 2.45) is 65.1 Å². The van der Waals surface area contributed by atoms with E-state index in [9.17, 15) is 0 Å². The minimum atomic E-state index is 0.455. The van der Waals surface area contributed by atoms with Crippen molar-refractivity contribution < 1.29 is 0 Å². The van der Waals surface area contributed by atoms with Gasteiger partial charge in [-0.1, -0.05) is 95.9 Å². The van der Waals surface area contributed by atoms with Crippen LogP contribution in [0.15, 0.2) is 12.3 Å². The summed E-state index contributed by atoms with van der Waals surface area (Å²) < 4.78 is 0.455. The fraction of sp³-hybridized carbons (Fsp3) is 0.944. The smallest absolute Gasteiger partial charge is 0.0261 e. The lowest BCUT2D eigenvalue weighted by Crippen LogP contribution is -2.43. The second-order valence-electron chi connectivity index (χ2n) is 16.1. The maximum absolute atomic E-state index is 4.79. The zero-order chi connectivity index (χ0) is 27.0. The zero-order valence-electron chi connectivity index (χ0n) is 25.8. The van der Waals surface area contributed by atoms with Gasteiger partial charge in [0.1, 0.15) is 0 Å². The SMILES string of the molecule is C=C(NC1CCC2CC(C(C)CC3CCCC3C)CC2C1)C1CCCC(C)C1C1CCC(C(C)(C)I)CC1. The van der Waals surface area contributed by atoms with Crippen LogP contribution in [0.3, 0.4) is 0 Å². The molecule has 10 unspecified atom stereocenters. The molecule has 2 heteroatoms. The third-order valence-corrected chi connectivity index (χ3v) is 14.2. The van der Waals surface area contributed by atoms with Gasteiger partial charge in [-0.2, -0.15) is 0 Å². The van der Waals surface area contributed by atoms with Crippen LogP contribution in [0.4, 0.5) is 0 Å². The Kier molecular flexibility index (Phi) is 9.90. The number of alkyl halides is 1. The third-order valence-electron chi connectivity index (χ3n) is 13.3. The molecule has 0 spiro atoms. The molecule has 0 heterocycles. The summed E-state index contributed by atoms with van der Waals surface area (Å²) in [5, 5.41) is 4.14. The fourth-order valence-corrected chi connectivity index (χ4v) is 11.5. The van der Waals surface area contributed by atoms with E-state index in [0.717, 1.165) is 65.1 Å². The van der Waals surface area contributed by atoms with Crippen LogP contribution in [0, 0.1) is 65.1 Å². The van der Waals surface area contributed by atoms with Gasteiger partial charge in [-0.25, -0.2) is 0 Å². The van der Waals surface area contributed by atoms with Gasteiger partial charge >= 0.3 is 0 Å². The molecule has 0 aromatic heterocycles. The van der Waals surface area contributed by atoms with Gasteiger partial charge in [0.2, 0.25) is 0 Å². The molecule has 0 aliphatic heterocycles. The molecule has 0 bridgehead atoms. The minimum absolute atomic E-state index is 0.455. The monoisotopic (exact) mass is 635 g/mol. The Labute approximate surface area is 251 Å². The lowest BCUT2D eigenvalue weighted by atomic mass is 9.61. The molecule has 1 nitrogen and oxygen atoms in total. The first-order valence-corrected chi connectivity index (χ1v) is 18.3. The van der Waals surface area contributed by atoms with Crippen LogP contribution in [0.25, 0.3) is 0 Å². The molecule has 0 amide bonds. The van der Waals surface area contributed by atoms with Crippen LogP contribution in [0.1, 0.15) is 137 Å². The number of nitrogens with one attached hydrogen (secondary N) is 1. The van der Waals surface area contributed by atoms with Gasteiger partial charge in [0.25, 0.3) is 0 Å². The van der Waals surface area contributed by atoms with E-state index in [1.165, 1.54) is 102 Å². The van der Waals surface area contributed by atoms with Gasteiger partial charge in [0.15, 0.2) is 0 Å². The second-order valence-corrected chi connectivity index (χ2v) is 18.9. The Hall–Kier alpha value is 0.270. The number of fused-ring (bicyclic) bond motifs is 1. The zero-order valence-corrected chi connectivity index (χ0v) is 28.0. The Bertz CT molecular complexity index is 775. The summed E-state index contributed by atoms with van der Waals surface area (Å²) in [6.07, 6.45) is 23.4. The third kappa shape index (κ3) is 6.83. The Morgan fingerprint density at radius 2 is 1.47 bits per heavy atom. The molecule has 0 saturated heterocycles. The van der Waals surface area contributed by atoms with Crippen molar-refractivity contribution in [2.45, 2.75) is 147 Å². The maximum Gasteiger partial charge on any atom is 0.0261 e. The van der Waals surface area contributed by atoms with Crippen LogP contribution in [0.5, 0.6) is 0 Å². The first-order chi connectivity index (χ1) is 18.1. The summed E-state index contributed by atoms with van der Waals surface area (Å²) in [7, 11) is 0. The van der Waals surface area contributed by atoms with E-state index in [0.29, 0.717) is 9.46 Å². The van der Waals surface area contributed by atoms with E-state index in [1.54, 1.807) is 6.42 Å². The molecule has 10 atom stereocenters. The van der Waals surface area contributed by atoms with Crippen molar-refractivity contribution in [1.29, 1.82) is 0 Å². The van der Waals surface area contributed by atoms with E-state index in [1.807, 2.05) is 0 Å². The number of allylic oxidation sites excluding steroid dienone is 1. The normalized spacial score (nSPS) is 44.9. The average molecular weight is 636 g/mol. The van der Waals surface area contributed by atoms with Gasteiger partial charge in [-0.3, -0.25) is 0 Å². The molecule has 218 valence electrons. The molecule has 5 saturated carbocycles. The summed E-state index contributed by atoms with van der Waals surface area (Å²) in [5.41, 5.74) is 1.44. The summed E-state index contributed by atoms with van der Waals surface area (Å²) in [5.74, 6) is 10.3. The van der Waals surface area contributed by atoms with Gasteiger partial charge in [0, 0.05) is 21.1 Å². The molecule has 0 aromatic carbocycles. The molecular weight excluding hydrogens is 573 g/mol. The molecule has 5 rings (SSSR count). The summed E-state index contributed by atoms with van der Waals surface area (Å²) in [6.45, 7) is 17.4. The summed E-state index contributed by atoms with van der Waals surface area (Å²) in [4.78, 5) is 0. The molecule has 5 fully saturated rings. The number of hydrogen-bond donors (Lipinski definition) is 1. The van der Waals surface area contributed by atoms with Crippen LogP contribution >= 0.6 is 22.6 Å². The predicted octanol–water partition coefficient (Wildman–Crippen LogP) is 10.8. The highest BCUT2D eigenvalue weighted by Gasteiger charge is 2.43. The molecule has 0 aromatic rings. The first-order valence-electron chi connectivity index (χ1n) is 17.2. The van der Waals surface area contributed by atoms with E-state index in [4.69, 9.17) is 6.58 Å². The van der Waals surface area contributed by atoms with Crippen LogP contribution in [0.2, 0.25) is 0 Å². The van der Waals surface area contributed by atoms with Crippen molar-refractivity contribution in [3.05, 3.63) is 12.3 Å². The number of rotatable bonds is 8. The molecule has 0 radical (unpaired) electrons. The lowest BCUT2D eigenvalue weighted by Gasteiger charge is -2.47. The van der Waals surface area contributed by atoms with Crippen molar-refractivity contribution in [2.75, 3.05) is 0 Å². The highest BCUT2D eigenvalue weighted by Crippen LogP contribution is 2.52. The predicted molar refractivity (Wildman–Crippen MR) is 173 cm³/mol. The largest absolute Gasteiger partial charge is 0.386 e. The van der Waals surface area contributed by atoms with Gasteiger partial charge < -0.3 is 5.32 Å². The summed E-state index contributed by atoms with van der Waals surface area (Å²) >= 11 is 2.71. The quantitative estimate of drug-likeness (QED) is 0.207. The van der Waals surface area contributed by atoms with Crippen LogP contribution in [-0.2, 0) is 0 Å². The standard InChI is InChI=1S/C36H62IN/c1-23-9-7-11-28(23)19-25(3)30-20-29-15-18-33(22-31(29)21-30)38-26(4)34-12-8-10-24(2)35(34)27-13-16-32(17-14-27)36(5,6)37/h23-25,27-35,38H,4,7-22H2,1-3,5-6H3. The van der Waals surface area contributed by atoms with Crippen molar-refractivity contribution in [3.63, 3.8) is 0 Å². The Morgan fingerprint density at radius 1 is 0.816 bits per heavy atom. The summed E-state index contributed by atoms with van der Waals surface area (Å²) in [6, 6.07) is 0.695. The van der Waals surface area contributed by atoms with E-state index in [2.05, 4.69) is 62.5 Å². The highest BCUT2D eigenvalue weighted by atomic mass is 127. The van der Waals surface area contributed by atoms with E-state index >= 15 is 0 Å². The number of halogens is 1. The molecule has 5 aliphatic carbocycles. The van der Waals surface area contributed by atoms with Crippen molar-refractivity contribution in [1.82, 2.24) is 5.32 Å². The fourth-order valence-electron chi connectivity index (χ4n) is 10.8. The Balaban J connectivity index is 1.13. The first kappa shape index (κ1) is 29.8. The average Bonchev–Trinajstić information content (AvgIpc) is 3.49. The molecule has 5 aliphatic rings. The lowest BCUT2D eigenvalue weighted by molar-refractivity contribution is 0.0751. The van der Waals surface area contributed by atoms with Crippen molar-refractivity contribution in [3.8, 4) is 0 Å². The maximum atomic E-state index is 4.79.